The monoisotopic (exact) mass is 340 g/mol. The highest BCUT2D eigenvalue weighted by Crippen LogP contribution is 2.32. The fourth-order valence-corrected chi connectivity index (χ4v) is 3.07. The lowest BCUT2D eigenvalue weighted by atomic mass is 9.77. The molecule has 1 saturated heterocycles. The number of nitrogens with zero attached hydrogens (tertiary/aromatic N) is 2. The van der Waals surface area contributed by atoms with Crippen LogP contribution in [-0.4, -0.2) is 57.4 Å². The number of hydrogen-bond donors (Lipinski definition) is 3. The molecule has 7 nitrogen and oxygen atoms in total. The molecule has 0 radical (unpaired) electrons. The fourth-order valence-electron chi connectivity index (χ4n) is 3.07. The Kier molecular flexibility index (Phi) is 4.67. The third-order valence-corrected chi connectivity index (χ3v) is 4.47. The predicted molar refractivity (Wildman–Crippen MR) is 90.3 cm³/mol. The first-order valence-electron chi connectivity index (χ1n) is 7.82. The van der Waals surface area contributed by atoms with E-state index in [1.165, 1.54) is 23.1 Å². The molecule has 128 valence electrons. The second kappa shape index (κ2) is 6.75. The zero-order valence-electron chi connectivity index (χ0n) is 13.4. The number of hydrogen-bond acceptors (Lipinski definition) is 6. The van der Waals surface area contributed by atoms with Crippen molar-refractivity contribution in [1.82, 2.24) is 9.88 Å². The van der Waals surface area contributed by atoms with Crippen molar-refractivity contribution in [3.8, 4) is 0 Å². The molecule has 1 unspecified atom stereocenters. The molecule has 25 heavy (non-hydrogen) atoms. The zero-order valence-corrected chi connectivity index (χ0v) is 13.4. The van der Waals surface area contributed by atoms with Crippen LogP contribution in [0.25, 0.3) is 0 Å². The summed E-state index contributed by atoms with van der Waals surface area (Å²) in [5.74, 6) is -0.332. The third kappa shape index (κ3) is 3.32. The van der Waals surface area contributed by atoms with Gasteiger partial charge in [0.1, 0.15) is 11.9 Å². The van der Waals surface area contributed by atoms with E-state index in [0.29, 0.717) is 24.8 Å². The van der Waals surface area contributed by atoms with Gasteiger partial charge in [-0.05, 0) is 30.1 Å². The summed E-state index contributed by atoms with van der Waals surface area (Å²) in [4.78, 5) is 29.3. The van der Waals surface area contributed by atoms with Gasteiger partial charge < -0.3 is 20.1 Å². The molecule has 1 aromatic carbocycles. The molecule has 1 amide bonds. The van der Waals surface area contributed by atoms with Gasteiger partial charge in [-0.1, -0.05) is 12.1 Å². The molecule has 0 aliphatic carbocycles. The number of pyridine rings is 1. The molecule has 2 aromatic rings. The molecule has 1 atom stereocenters. The highest BCUT2D eigenvalue weighted by molar-refractivity contribution is 6.60. The Balaban J connectivity index is 1.82. The molecule has 1 aliphatic rings. The summed E-state index contributed by atoms with van der Waals surface area (Å²) in [5, 5.41) is 29.3. The number of carbonyl (C=O) groups is 2. The zero-order chi connectivity index (χ0) is 18.0. The van der Waals surface area contributed by atoms with Crippen molar-refractivity contribution in [2.45, 2.75) is 12.0 Å². The van der Waals surface area contributed by atoms with Crippen LogP contribution in [0.5, 0.6) is 0 Å². The molecule has 0 saturated carbocycles. The summed E-state index contributed by atoms with van der Waals surface area (Å²) < 4.78 is 0. The first kappa shape index (κ1) is 17.3. The summed E-state index contributed by atoms with van der Waals surface area (Å²) >= 11 is 0. The average molecular weight is 340 g/mol. The normalized spacial score (nSPS) is 19.7. The smallest absolute Gasteiger partial charge is 0.423 e. The summed E-state index contributed by atoms with van der Waals surface area (Å²) in [6.45, 7) is 0.489. The van der Waals surface area contributed by atoms with Crippen LogP contribution in [0, 0.1) is 0 Å². The topological polar surface area (TPSA) is 111 Å². The first-order chi connectivity index (χ1) is 11.9. The highest BCUT2D eigenvalue weighted by Gasteiger charge is 2.40. The van der Waals surface area contributed by atoms with Crippen molar-refractivity contribution < 1.29 is 24.7 Å². The number of aromatic nitrogens is 1. The van der Waals surface area contributed by atoms with Crippen LogP contribution < -0.4 is 5.46 Å². The van der Waals surface area contributed by atoms with Gasteiger partial charge >= 0.3 is 7.12 Å². The SMILES string of the molecule is O=Cc1cc(C(=O)N2CCC(O)(c3cccnc3)C2)ccc1B(O)O. The quantitative estimate of drug-likeness (QED) is 0.502. The molecule has 3 rings (SSSR count). The van der Waals surface area contributed by atoms with E-state index in [9.17, 15) is 24.7 Å². The van der Waals surface area contributed by atoms with E-state index in [1.54, 1.807) is 24.5 Å². The first-order valence-corrected chi connectivity index (χ1v) is 7.82. The van der Waals surface area contributed by atoms with Crippen LogP contribution in [0.4, 0.5) is 0 Å². The van der Waals surface area contributed by atoms with E-state index in [2.05, 4.69) is 4.98 Å². The van der Waals surface area contributed by atoms with E-state index < -0.39 is 12.7 Å². The lowest BCUT2D eigenvalue weighted by Gasteiger charge is -2.23. The van der Waals surface area contributed by atoms with Crippen LogP contribution in [0.3, 0.4) is 0 Å². The molecular weight excluding hydrogens is 323 g/mol. The molecule has 2 heterocycles. The summed E-state index contributed by atoms with van der Waals surface area (Å²) in [6, 6.07) is 7.60. The number of likely N-dealkylation sites (tertiary alicyclic amines) is 1. The van der Waals surface area contributed by atoms with Gasteiger partial charge in [0.05, 0.1) is 6.54 Å². The van der Waals surface area contributed by atoms with Crippen molar-refractivity contribution >= 4 is 24.8 Å². The minimum Gasteiger partial charge on any atom is -0.423 e. The number of aliphatic hydroxyl groups is 1. The van der Waals surface area contributed by atoms with Crippen LogP contribution in [0.15, 0.2) is 42.7 Å². The van der Waals surface area contributed by atoms with E-state index in [0.717, 1.165) is 0 Å². The third-order valence-electron chi connectivity index (χ3n) is 4.47. The van der Waals surface area contributed by atoms with Gasteiger partial charge in [-0.3, -0.25) is 14.6 Å². The Bertz CT molecular complexity index is 799. The van der Waals surface area contributed by atoms with Crippen LogP contribution in [-0.2, 0) is 5.60 Å². The van der Waals surface area contributed by atoms with Gasteiger partial charge in [0.2, 0.25) is 0 Å². The van der Waals surface area contributed by atoms with E-state index in [4.69, 9.17) is 0 Å². The summed E-state index contributed by atoms with van der Waals surface area (Å²) in [6.07, 6.45) is 4.05. The molecule has 3 N–H and O–H groups in total. The largest absolute Gasteiger partial charge is 0.489 e. The second-order valence-corrected chi connectivity index (χ2v) is 6.09. The molecular formula is C17H17BN2O5. The van der Waals surface area contributed by atoms with E-state index in [-0.39, 0.29) is 29.0 Å². The summed E-state index contributed by atoms with van der Waals surface area (Å²) in [5.41, 5.74) is -0.166. The molecule has 1 aromatic heterocycles. The summed E-state index contributed by atoms with van der Waals surface area (Å²) in [7, 11) is -1.79. The Morgan fingerprint density at radius 3 is 2.76 bits per heavy atom. The number of amides is 1. The standard InChI is InChI=1S/C17H17BN2O5/c21-10-13-8-12(3-4-15(13)18(24)25)16(22)20-7-5-17(23,11-20)14-2-1-6-19-9-14/h1-4,6,8-10,23-25H,5,7,11H2. The number of carbonyl (C=O) groups excluding carboxylic acids is 2. The van der Waals surface area contributed by atoms with E-state index >= 15 is 0 Å². The van der Waals surface area contributed by atoms with Crippen molar-refractivity contribution in [3.05, 3.63) is 59.4 Å². The Hall–Kier alpha value is -2.55. The minimum absolute atomic E-state index is 0.0415. The van der Waals surface area contributed by atoms with Crippen LogP contribution >= 0.6 is 0 Å². The number of β-amino-alcohol motifs (C(OH)–C–C–N with tert-alkyl or cyclic N) is 1. The molecule has 8 heteroatoms. The van der Waals surface area contributed by atoms with Crippen LogP contribution in [0.1, 0.15) is 32.7 Å². The highest BCUT2D eigenvalue weighted by atomic mass is 16.4. The van der Waals surface area contributed by atoms with Crippen LogP contribution in [0.2, 0.25) is 0 Å². The van der Waals surface area contributed by atoms with Crippen molar-refractivity contribution in [2.75, 3.05) is 13.1 Å². The number of aldehydes is 1. The van der Waals surface area contributed by atoms with Crippen molar-refractivity contribution in [2.24, 2.45) is 0 Å². The lowest BCUT2D eigenvalue weighted by Crippen LogP contribution is -2.36. The maximum Gasteiger partial charge on any atom is 0.489 e. The second-order valence-electron chi connectivity index (χ2n) is 6.09. The van der Waals surface area contributed by atoms with E-state index in [1.807, 2.05) is 0 Å². The Morgan fingerprint density at radius 2 is 2.12 bits per heavy atom. The molecule has 0 spiro atoms. The lowest BCUT2D eigenvalue weighted by molar-refractivity contribution is 0.0415. The number of benzene rings is 1. The van der Waals surface area contributed by atoms with Crippen molar-refractivity contribution in [1.29, 1.82) is 0 Å². The predicted octanol–water partition coefficient (Wildman–Crippen LogP) is -0.692. The average Bonchev–Trinajstić information content (AvgIpc) is 3.04. The molecule has 0 bridgehead atoms. The Morgan fingerprint density at radius 1 is 1.32 bits per heavy atom. The van der Waals surface area contributed by atoms with Gasteiger partial charge in [-0.2, -0.15) is 0 Å². The van der Waals surface area contributed by atoms with Gasteiger partial charge in [-0.25, -0.2) is 0 Å². The van der Waals surface area contributed by atoms with Gasteiger partial charge in [-0.15, -0.1) is 0 Å². The molecule has 1 fully saturated rings. The maximum atomic E-state index is 12.7. The van der Waals surface area contributed by atoms with Gasteiger partial charge in [0.25, 0.3) is 5.91 Å². The maximum absolute atomic E-state index is 12.7. The Labute approximate surface area is 144 Å². The molecule has 1 aliphatic heterocycles. The van der Waals surface area contributed by atoms with Gasteiger partial charge in [0, 0.05) is 35.6 Å². The fraction of sp³-hybridized carbons (Fsp3) is 0.235. The van der Waals surface area contributed by atoms with Gasteiger partial charge in [0.15, 0.2) is 0 Å². The van der Waals surface area contributed by atoms with Crippen molar-refractivity contribution in [3.63, 3.8) is 0 Å². The number of rotatable bonds is 4. The minimum atomic E-state index is -1.79.